The molecule has 1 saturated heterocycles. The number of aromatic nitrogens is 4. The van der Waals surface area contributed by atoms with E-state index in [9.17, 15) is 18.0 Å². The number of rotatable bonds is 6. The van der Waals surface area contributed by atoms with Crippen molar-refractivity contribution in [1.29, 1.82) is 0 Å². The second-order valence-electron chi connectivity index (χ2n) is 10.0. The van der Waals surface area contributed by atoms with E-state index in [2.05, 4.69) is 19.9 Å². The third-order valence-corrected chi connectivity index (χ3v) is 7.35. The van der Waals surface area contributed by atoms with Gasteiger partial charge >= 0.3 is 12.1 Å². The average molecular weight is 650 g/mol. The Bertz CT molecular complexity index is 1550. The summed E-state index contributed by atoms with van der Waals surface area (Å²) in [7, 11) is 0. The monoisotopic (exact) mass is 648 g/mol. The molecule has 15 heteroatoms. The first kappa shape index (κ1) is 32.7. The van der Waals surface area contributed by atoms with Crippen LogP contribution in [0.3, 0.4) is 0 Å². The molecular weight excluding hydrogens is 620 g/mol. The van der Waals surface area contributed by atoms with E-state index < -0.39 is 23.8 Å². The lowest BCUT2D eigenvalue weighted by Gasteiger charge is -2.34. The number of carboxylic acids is 1. The van der Waals surface area contributed by atoms with Crippen molar-refractivity contribution >= 4 is 46.9 Å². The van der Waals surface area contributed by atoms with Crippen LogP contribution in [0.25, 0.3) is 11.3 Å². The fourth-order valence-electron chi connectivity index (χ4n) is 4.85. The van der Waals surface area contributed by atoms with Crippen LogP contribution in [0.15, 0.2) is 60.7 Å². The lowest BCUT2D eigenvalue weighted by atomic mass is 9.86. The Labute approximate surface area is 261 Å². The summed E-state index contributed by atoms with van der Waals surface area (Å²) in [6.45, 7) is 1.08. The van der Waals surface area contributed by atoms with Crippen molar-refractivity contribution in [1.82, 2.24) is 19.9 Å². The van der Waals surface area contributed by atoms with Crippen LogP contribution in [0.5, 0.6) is 0 Å². The maximum absolute atomic E-state index is 13.4. The van der Waals surface area contributed by atoms with E-state index in [-0.39, 0.29) is 34.5 Å². The maximum atomic E-state index is 13.4. The van der Waals surface area contributed by atoms with Gasteiger partial charge in [0, 0.05) is 30.8 Å². The number of hydrogen-bond donors (Lipinski definition) is 4. The number of aliphatic carboxylic acids is 1. The van der Waals surface area contributed by atoms with Crippen molar-refractivity contribution in [2.45, 2.75) is 37.4 Å². The quantitative estimate of drug-likeness (QED) is 0.197. The van der Waals surface area contributed by atoms with Crippen molar-refractivity contribution in [2.75, 3.05) is 29.5 Å². The molecule has 7 N–H and O–H groups in total. The molecular formula is C29H29Cl2F3N8O2. The van der Waals surface area contributed by atoms with E-state index >= 15 is 0 Å². The van der Waals surface area contributed by atoms with Gasteiger partial charge in [0.2, 0.25) is 11.9 Å². The second kappa shape index (κ2) is 14.1. The Hall–Kier alpha value is -4.20. The van der Waals surface area contributed by atoms with Crippen LogP contribution < -0.4 is 22.1 Å². The molecule has 0 unspecified atom stereocenters. The Kier molecular flexibility index (Phi) is 10.4. The van der Waals surface area contributed by atoms with Gasteiger partial charge in [0.1, 0.15) is 22.2 Å². The fraction of sp³-hybridized carbons (Fsp3) is 0.276. The highest BCUT2D eigenvalue weighted by Gasteiger charge is 2.35. The molecule has 1 fully saturated rings. The number of anilines is 3. The van der Waals surface area contributed by atoms with Crippen LogP contribution in [0.1, 0.15) is 35.4 Å². The molecule has 0 radical (unpaired) electrons. The topological polar surface area (TPSA) is 170 Å². The number of nitrogens with zero attached hydrogens (tertiary/aromatic N) is 5. The van der Waals surface area contributed by atoms with Gasteiger partial charge in [0.25, 0.3) is 0 Å². The predicted molar refractivity (Wildman–Crippen MR) is 163 cm³/mol. The van der Waals surface area contributed by atoms with Gasteiger partial charge in [-0.3, -0.25) is 4.79 Å². The smallest absolute Gasteiger partial charge is 0.416 e. The minimum Gasteiger partial charge on any atom is -0.480 e. The SMILES string of the molecule is Nc1nc(-c2ccc(C[C@H](N)C(=O)O)cc2)cc(N2CCC(c3ccccc3C(F)(F)F)CC2)n1.Nc1nc(Cl)cc(Cl)n1. The molecule has 2 aromatic carbocycles. The van der Waals surface area contributed by atoms with Gasteiger partial charge in [0.05, 0.1) is 11.3 Å². The number of alkyl halides is 3. The Balaban J connectivity index is 0.000000421. The van der Waals surface area contributed by atoms with Crippen molar-refractivity contribution in [2.24, 2.45) is 5.73 Å². The van der Waals surface area contributed by atoms with Crippen LogP contribution >= 0.6 is 23.2 Å². The summed E-state index contributed by atoms with van der Waals surface area (Å²) in [5.41, 5.74) is 18.7. The first-order chi connectivity index (χ1) is 20.8. The van der Waals surface area contributed by atoms with Crippen molar-refractivity contribution in [3.05, 3.63) is 87.7 Å². The van der Waals surface area contributed by atoms with Gasteiger partial charge in [-0.05, 0) is 42.4 Å². The molecule has 0 aliphatic carbocycles. The zero-order valence-corrected chi connectivity index (χ0v) is 24.7. The molecule has 1 aliphatic heterocycles. The van der Waals surface area contributed by atoms with Crippen molar-refractivity contribution < 1.29 is 23.1 Å². The minimum absolute atomic E-state index is 0.0903. The molecule has 1 aliphatic rings. The highest BCUT2D eigenvalue weighted by molar-refractivity contribution is 6.33. The zero-order valence-electron chi connectivity index (χ0n) is 23.2. The van der Waals surface area contributed by atoms with Gasteiger partial charge in [-0.1, -0.05) is 65.7 Å². The van der Waals surface area contributed by atoms with E-state index in [1.807, 2.05) is 17.0 Å². The Morgan fingerprint density at radius 2 is 1.52 bits per heavy atom. The molecule has 5 rings (SSSR count). The summed E-state index contributed by atoms with van der Waals surface area (Å²) in [6.07, 6.45) is -3.05. The summed E-state index contributed by atoms with van der Waals surface area (Å²) >= 11 is 10.9. The van der Waals surface area contributed by atoms with E-state index in [0.29, 0.717) is 43.0 Å². The standard InChI is InChI=1S/C25H26F3N5O2.C4H3Cl2N3/c26-25(27,28)19-4-2-1-3-18(19)16-9-11-33(12-10-16)22-14-21(31-24(30)32-22)17-7-5-15(6-8-17)13-20(29)23(34)35;5-2-1-3(6)9-4(7)8-2/h1-8,14,16,20H,9-13,29H2,(H,34,35)(H2,30,31,32);1H,(H2,7,8,9)/t20-;/m0./s1. The summed E-state index contributed by atoms with van der Waals surface area (Å²) in [5, 5.41) is 9.49. The van der Waals surface area contributed by atoms with E-state index in [1.165, 1.54) is 12.1 Å². The molecule has 4 aromatic rings. The lowest BCUT2D eigenvalue weighted by molar-refractivity contribution is -0.139. The average Bonchev–Trinajstić information content (AvgIpc) is 2.96. The first-order valence-corrected chi connectivity index (χ1v) is 14.1. The Morgan fingerprint density at radius 1 is 0.932 bits per heavy atom. The normalized spacial score (nSPS) is 14.5. The highest BCUT2D eigenvalue weighted by atomic mass is 35.5. The largest absolute Gasteiger partial charge is 0.480 e. The summed E-state index contributed by atoms with van der Waals surface area (Å²) < 4.78 is 40.3. The minimum atomic E-state index is -4.38. The van der Waals surface area contributed by atoms with E-state index in [1.54, 1.807) is 30.3 Å². The third kappa shape index (κ3) is 8.68. The molecule has 0 saturated carbocycles. The van der Waals surface area contributed by atoms with Crippen LogP contribution in [0.2, 0.25) is 10.3 Å². The highest BCUT2D eigenvalue weighted by Crippen LogP contribution is 2.39. The molecule has 3 heterocycles. The molecule has 1 atom stereocenters. The molecule has 44 heavy (non-hydrogen) atoms. The summed E-state index contributed by atoms with van der Waals surface area (Å²) in [5.74, 6) is -0.445. The molecule has 2 aromatic heterocycles. The van der Waals surface area contributed by atoms with Crippen LogP contribution in [-0.4, -0.2) is 50.1 Å². The van der Waals surface area contributed by atoms with Crippen LogP contribution in [0, 0.1) is 0 Å². The molecule has 232 valence electrons. The second-order valence-corrected chi connectivity index (χ2v) is 10.8. The van der Waals surface area contributed by atoms with Gasteiger partial charge < -0.3 is 27.2 Å². The number of hydrogen-bond acceptors (Lipinski definition) is 9. The van der Waals surface area contributed by atoms with Gasteiger partial charge in [0.15, 0.2) is 0 Å². The van der Waals surface area contributed by atoms with Crippen LogP contribution in [0.4, 0.5) is 30.9 Å². The van der Waals surface area contributed by atoms with E-state index in [4.69, 9.17) is 45.5 Å². The summed E-state index contributed by atoms with van der Waals surface area (Å²) in [6, 6.07) is 15.2. The maximum Gasteiger partial charge on any atom is 0.416 e. The third-order valence-electron chi connectivity index (χ3n) is 6.96. The van der Waals surface area contributed by atoms with E-state index in [0.717, 1.165) is 17.2 Å². The lowest BCUT2D eigenvalue weighted by Crippen LogP contribution is -2.34. The van der Waals surface area contributed by atoms with Crippen molar-refractivity contribution in [3.8, 4) is 11.3 Å². The van der Waals surface area contributed by atoms with Crippen LogP contribution in [-0.2, 0) is 17.4 Å². The molecule has 0 bridgehead atoms. The Morgan fingerprint density at radius 3 is 2.09 bits per heavy atom. The van der Waals surface area contributed by atoms with Gasteiger partial charge in [-0.25, -0.2) is 15.0 Å². The van der Waals surface area contributed by atoms with Gasteiger partial charge in [-0.2, -0.15) is 18.2 Å². The molecule has 0 spiro atoms. The number of nitrogen functional groups attached to an aromatic ring is 2. The first-order valence-electron chi connectivity index (χ1n) is 13.4. The number of carbonyl (C=O) groups is 1. The fourth-order valence-corrected chi connectivity index (χ4v) is 5.29. The van der Waals surface area contributed by atoms with Gasteiger partial charge in [-0.15, -0.1) is 0 Å². The van der Waals surface area contributed by atoms with Crippen molar-refractivity contribution in [3.63, 3.8) is 0 Å². The number of benzene rings is 2. The zero-order chi connectivity index (χ0) is 32.0. The predicted octanol–water partition coefficient (Wildman–Crippen LogP) is 5.45. The summed E-state index contributed by atoms with van der Waals surface area (Å²) in [4.78, 5) is 28.8. The number of piperidine rings is 1. The molecule has 0 amide bonds. The number of carboxylic acid groups (broad SMARTS) is 1. The number of nitrogens with two attached hydrogens (primary N) is 3. The molecule has 10 nitrogen and oxygen atoms in total. The number of halogens is 5.